The van der Waals surface area contributed by atoms with E-state index in [4.69, 9.17) is 4.74 Å². The topological polar surface area (TPSA) is 99.0 Å². The van der Waals surface area contributed by atoms with Crippen molar-refractivity contribution in [2.75, 3.05) is 20.2 Å². The van der Waals surface area contributed by atoms with Gasteiger partial charge in [0, 0.05) is 24.3 Å². The Kier molecular flexibility index (Phi) is 6.32. The predicted molar refractivity (Wildman–Crippen MR) is 88.4 cm³/mol. The second-order valence-electron chi connectivity index (χ2n) is 6.12. The van der Waals surface area contributed by atoms with Crippen LogP contribution < -0.4 is 0 Å². The number of nitro groups is 1. The molecule has 0 bridgehead atoms. The summed E-state index contributed by atoms with van der Waals surface area (Å²) in [7, 11) is 1.25. The number of hydrogen-bond donors (Lipinski definition) is 0. The molecule has 0 N–H and O–H groups in total. The molecule has 0 spiro atoms. The molecule has 2 rings (SSSR count). The summed E-state index contributed by atoms with van der Waals surface area (Å²) < 4.78 is 9.82. The minimum Gasteiger partial charge on any atom is -0.469 e. The molecule has 0 aliphatic carbocycles. The van der Waals surface area contributed by atoms with E-state index in [0.29, 0.717) is 19.4 Å². The Hall–Kier alpha value is -2.64. The van der Waals surface area contributed by atoms with Crippen LogP contribution in [0.3, 0.4) is 0 Å². The summed E-state index contributed by atoms with van der Waals surface area (Å²) in [5.74, 6) is -0.495. The number of piperidine rings is 1. The Bertz CT molecular complexity index is 621. The van der Waals surface area contributed by atoms with Gasteiger partial charge in [-0.15, -0.1) is 0 Å². The number of likely N-dealkylation sites (tertiary alicyclic amines) is 1. The molecule has 1 heterocycles. The van der Waals surface area contributed by atoms with E-state index in [1.54, 1.807) is 0 Å². The molecule has 1 aliphatic heterocycles. The van der Waals surface area contributed by atoms with Crippen molar-refractivity contribution in [1.82, 2.24) is 4.90 Å². The monoisotopic (exact) mass is 350 g/mol. The Morgan fingerprint density at radius 1 is 1.32 bits per heavy atom. The third kappa shape index (κ3) is 4.91. The summed E-state index contributed by atoms with van der Waals surface area (Å²) in [6.45, 7) is 0.454. The van der Waals surface area contributed by atoms with Gasteiger partial charge in [-0.25, -0.2) is 4.79 Å². The number of benzene rings is 1. The van der Waals surface area contributed by atoms with E-state index in [2.05, 4.69) is 4.74 Å². The van der Waals surface area contributed by atoms with Crippen molar-refractivity contribution >= 4 is 12.1 Å². The molecular weight excluding hydrogens is 328 g/mol. The molecule has 1 aromatic rings. The molecule has 1 fully saturated rings. The van der Waals surface area contributed by atoms with Crippen LogP contribution in [0.5, 0.6) is 0 Å². The van der Waals surface area contributed by atoms with Gasteiger partial charge < -0.3 is 14.4 Å². The van der Waals surface area contributed by atoms with Crippen LogP contribution in [0.15, 0.2) is 30.3 Å². The number of ether oxygens (including phenoxy) is 2. The normalized spacial score (nSPS) is 20.0. The van der Waals surface area contributed by atoms with E-state index >= 15 is 0 Å². The third-order valence-corrected chi connectivity index (χ3v) is 4.43. The number of esters is 1. The first kappa shape index (κ1) is 18.7. The molecule has 1 atom stereocenters. The SMILES string of the molecule is COC(=O)CCC1([N+](=O)[O-])CCCN(C(=O)OCc2ccccc2)C1. The van der Waals surface area contributed by atoms with Gasteiger partial charge in [-0.05, 0) is 12.0 Å². The predicted octanol–water partition coefficient (Wildman–Crippen LogP) is 2.39. The average molecular weight is 350 g/mol. The number of methoxy groups -OCH3 is 1. The van der Waals surface area contributed by atoms with Gasteiger partial charge in [0.15, 0.2) is 0 Å². The molecule has 1 aromatic carbocycles. The Morgan fingerprint density at radius 3 is 2.68 bits per heavy atom. The molecule has 8 heteroatoms. The summed E-state index contributed by atoms with van der Waals surface area (Å²) in [4.78, 5) is 36.2. The van der Waals surface area contributed by atoms with Crippen LogP contribution in [0.4, 0.5) is 4.79 Å². The summed E-state index contributed by atoms with van der Waals surface area (Å²) >= 11 is 0. The van der Waals surface area contributed by atoms with Gasteiger partial charge in [-0.1, -0.05) is 30.3 Å². The molecule has 0 aromatic heterocycles. The van der Waals surface area contributed by atoms with Crippen LogP contribution in [0.1, 0.15) is 31.2 Å². The van der Waals surface area contributed by atoms with Gasteiger partial charge in [0.2, 0.25) is 5.54 Å². The molecule has 136 valence electrons. The molecule has 0 saturated carbocycles. The standard InChI is InChI=1S/C17H22N2O6/c1-24-15(20)8-10-17(19(22)23)9-5-11-18(13-17)16(21)25-12-14-6-3-2-4-7-14/h2-4,6-7H,5,8-13H2,1H3. The number of nitrogens with zero attached hydrogens (tertiary/aromatic N) is 2. The van der Waals surface area contributed by atoms with Crippen molar-refractivity contribution in [1.29, 1.82) is 0 Å². The molecule has 1 unspecified atom stereocenters. The van der Waals surface area contributed by atoms with Gasteiger partial charge in [-0.2, -0.15) is 0 Å². The number of carbonyl (C=O) groups is 2. The quantitative estimate of drug-likeness (QED) is 0.444. The fourth-order valence-corrected chi connectivity index (χ4v) is 2.96. The zero-order chi connectivity index (χ0) is 18.3. The summed E-state index contributed by atoms with van der Waals surface area (Å²) in [5.41, 5.74) is -0.489. The van der Waals surface area contributed by atoms with Gasteiger partial charge in [0.05, 0.1) is 20.1 Å². The lowest BCUT2D eigenvalue weighted by atomic mass is 9.85. The highest BCUT2D eigenvalue weighted by Gasteiger charge is 2.48. The molecule has 8 nitrogen and oxygen atoms in total. The van der Waals surface area contributed by atoms with Crippen LogP contribution in [0.25, 0.3) is 0 Å². The van der Waals surface area contributed by atoms with Crippen molar-refractivity contribution in [2.45, 2.75) is 37.8 Å². The molecule has 1 amide bonds. The Balaban J connectivity index is 1.97. The lowest BCUT2D eigenvalue weighted by molar-refractivity contribution is -0.575. The number of carbonyl (C=O) groups excluding carboxylic acids is 2. The maximum absolute atomic E-state index is 12.3. The minimum atomic E-state index is -1.34. The minimum absolute atomic E-state index is 0.0368. The van der Waals surface area contributed by atoms with E-state index in [1.165, 1.54) is 12.0 Å². The Labute approximate surface area is 145 Å². The number of rotatable bonds is 6. The molecule has 1 saturated heterocycles. The van der Waals surface area contributed by atoms with E-state index in [1.807, 2.05) is 30.3 Å². The second kappa shape index (κ2) is 8.46. The zero-order valence-electron chi connectivity index (χ0n) is 14.2. The van der Waals surface area contributed by atoms with Crippen LogP contribution >= 0.6 is 0 Å². The fourth-order valence-electron chi connectivity index (χ4n) is 2.96. The van der Waals surface area contributed by atoms with E-state index in [9.17, 15) is 19.7 Å². The summed E-state index contributed by atoms with van der Waals surface area (Å²) in [6, 6.07) is 9.22. The van der Waals surface area contributed by atoms with Gasteiger partial charge in [0.1, 0.15) is 6.61 Å². The van der Waals surface area contributed by atoms with Gasteiger partial charge in [0.25, 0.3) is 0 Å². The zero-order valence-corrected chi connectivity index (χ0v) is 14.2. The van der Waals surface area contributed by atoms with Crippen LogP contribution in [-0.4, -0.2) is 47.6 Å². The summed E-state index contributed by atoms with van der Waals surface area (Å²) in [6.07, 6.45) is 0.217. The average Bonchev–Trinajstić information content (AvgIpc) is 2.65. The number of hydrogen-bond acceptors (Lipinski definition) is 6. The maximum Gasteiger partial charge on any atom is 0.410 e. The lowest BCUT2D eigenvalue weighted by Gasteiger charge is -2.35. The third-order valence-electron chi connectivity index (χ3n) is 4.43. The van der Waals surface area contributed by atoms with Crippen molar-refractivity contribution in [2.24, 2.45) is 0 Å². The second-order valence-corrected chi connectivity index (χ2v) is 6.12. The Morgan fingerprint density at radius 2 is 2.04 bits per heavy atom. The smallest absolute Gasteiger partial charge is 0.410 e. The molecule has 1 aliphatic rings. The van der Waals surface area contributed by atoms with Crippen molar-refractivity contribution in [3.05, 3.63) is 46.0 Å². The highest BCUT2D eigenvalue weighted by molar-refractivity contribution is 5.69. The largest absolute Gasteiger partial charge is 0.469 e. The van der Waals surface area contributed by atoms with Gasteiger partial charge >= 0.3 is 12.1 Å². The molecular formula is C17H22N2O6. The lowest BCUT2D eigenvalue weighted by Crippen LogP contribution is -2.54. The van der Waals surface area contributed by atoms with Crippen LogP contribution in [0.2, 0.25) is 0 Å². The molecule has 25 heavy (non-hydrogen) atoms. The van der Waals surface area contributed by atoms with Crippen molar-refractivity contribution < 1.29 is 24.0 Å². The first-order chi connectivity index (χ1) is 12.0. The molecule has 0 radical (unpaired) electrons. The van der Waals surface area contributed by atoms with Gasteiger partial charge in [-0.3, -0.25) is 14.9 Å². The van der Waals surface area contributed by atoms with Crippen LogP contribution in [0, 0.1) is 10.1 Å². The first-order valence-electron chi connectivity index (χ1n) is 8.14. The highest BCUT2D eigenvalue weighted by Crippen LogP contribution is 2.29. The van der Waals surface area contributed by atoms with E-state index < -0.39 is 17.6 Å². The first-order valence-corrected chi connectivity index (χ1v) is 8.14. The van der Waals surface area contributed by atoms with E-state index in [-0.39, 0.29) is 30.9 Å². The summed E-state index contributed by atoms with van der Waals surface area (Å²) in [5, 5.41) is 11.6. The maximum atomic E-state index is 12.3. The fraction of sp³-hybridized carbons (Fsp3) is 0.529. The van der Waals surface area contributed by atoms with E-state index in [0.717, 1.165) is 5.56 Å². The highest BCUT2D eigenvalue weighted by atomic mass is 16.6. The van der Waals surface area contributed by atoms with Crippen molar-refractivity contribution in [3.8, 4) is 0 Å². The number of amides is 1. The van der Waals surface area contributed by atoms with Crippen molar-refractivity contribution in [3.63, 3.8) is 0 Å². The van der Waals surface area contributed by atoms with Crippen LogP contribution in [-0.2, 0) is 20.9 Å².